The van der Waals surface area contributed by atoms with Gasteiger partial charge in [0.1, 0.15) is 0 Å². The normalized spacial score (nSPS) is 12.5. The maximum absolute atomic E-state index is 9.05. The minimum Gasteiger partial charge on any atom is -0.338 e. The molecule has 0 N–H and O–H groups in total. The molecule has 0 spiro atoms. The summed E-state index contributed by atoms with van der Waals surface area (Å²) >= 11 is 7.67. The first-order valence-corrected chi connectivity index (χ1v) is 7.33. The van der Waals surface area contributed by atoms with Crippen LogP contribution in [-0.2, 0) is 0 Å². The van der Waals surface area contributed by atoms with Crippen LogP contribution in [-0.4, -0.2) is 12.4 Å². The van der Waals surface area contributed by atoms with Gasteiger partial charge in [0.2, 0.25) is 0 Å². The van der Waals surface area contributed by atoms with Crippen molar-refractivity contribution in [3.63, 3.8) is 0 Å². The zero-order valence-corrected chi connectivity index (χ0v) is 11.7. The van der Waals surface area contributed by atoms with Gasteiger partial charge in [-0.2, -0.15) is 5.26 Å². The standard InChI is InChI=1S/C15H11ClN2S/c16-7-8-18-12-3-1-2-4-14(12)19-15-6-5-11(10-17)9-13(15)18/h1-6,9H,7-8H2. The van der Waals surface area contributed by atoms with Crippen LogP contribution < -0.4 is 4.90 Å². The van der Waals surface area contributed by atoms with Crippen molar-refractivity contribution in [3.8, 4) is 6.07 Å². The van der Waals surface area contributed by atoms with Crippen LogP contribution in [0.25, 0.3) is 0 Å². The second-order valence-electron chi connectivity index (χ2n) is 4.20. The number of benzene rings is 2. The molecule has 0 radical (unpaired) electrons. The first kappa shape index (κ1) is 12.4. The van der Waals surface area contributed by atoms with Gasteiger partial charge in [-0.3, -0.25) is 0 Å². The Bertz CT molecular complexity index is 663. The highest BCUT2D eigenvalue weighted by molar-refractivity contribution is 7.99. The first-order valence-electron chi connectivity index (χ1n) is 5.98. The summed E-state index contributed by atoms with van der Waals surface area (Å²) in [7, 11) is 0. The van der Waals surface area contributed by atoms with Gasteiger partial charge in [0.05, 0.1) is 23.0 Å². The second-order valence-corrected chi connectivity index (χ2v) is 5.67. The van der Waals surface area contributed by atoms with Crippen molar-refractivity contribution in [1.82, 2.24) is 0 Å². The molecule has 0 fully saturated rings. The van der Waals surface area contributed by atoms with E-state index >= 15 is 0 Å². The number of nitrogens with zero attached hydrogens (tertiary/aromatic N) is 2. The lowest BCUT2D eigenvalue weighted by molar-refractivity contribution is 0.983. The molecule has 0 bridgehead atoms. The molecule has 1 aliphatic rings. The van der Waals surface area contributed by atoms with E-state index in [4.69, 9.17) is 16.9 Å². The van der Waals surface area contributed by atoms with Crippen LogP contribution in [0.15, 0.2) is 52.3 Å². The van der Waals surface area contributed by atoms with Gasteiger partial charge in [0, 0.05) is 22.2 Å². The molecular formula is C15H11ClN2S. The Kier molecular flexibility index (Phi) is 3.37. The molecule has 0 amide bonds. The molecule has 1 heterocycles. The highest BCUT2D eigenvalue weighted by Gasteiger charge is 2.22. The molecule has 2 nitrogen and oxygen atoms in total. The monoisotopic (exact) mass is 286 g/mol. The largest absolute Gasteiger partial charge is 0.338 e. The molecule has 0 saturated heterocycles. The van der Waals surface area contributed by atoms with Gasteiger partial charge in [-0.15, -0.1) is 11.6 Å². The minimum absolute atomic E-state index is 0.551. The average molecular weight is 287 g/mol. The summed E-state index contributed by atoms with van der Waals surface area (Å²) in [4.78, 5) is 4.59. The predicted molar refractivity (Wildman–Crippen MR) is 79.4 cm³/mol. The van der Waals surface area contributed by atoms with E-state index in [1.54, 1.807) is 11.8 Å². The Morgan fingerprint density at radius 2 is 1.89 bits per heavy atom. The first-order chi connectivity index (χ1) is 9.33. The lowest BCUT2D eigenvalue weighted by Gasteiger charge is -2.32. The molecule has 3 rings (SSSR count). The van der Waals surface area contributed by atoms with Crippen molar-refractivity contribution < 1.29 is 0 Å². The number of nitriles is 1. The van der Waals surface area contributed by atoms with E-state index in [-0.39, 0.29) is 0 Å². The Morgan fingerprint density at radius 1 is 1.11 bits per heavy atom. The van der Waals surface area contributed by atoms with Gasteiger partial charge in [0.15, 0.2) is 0 Å². The van der Waals surface area contributed by atoms with E-state index in [2.05, 4.69) is 23.1 Å². The summed E-state index contributed by atoms with van der Waals surface area (Å²) in [5, 5.41) is 9.05. The summed E-state index contributed by atoms with van der Waals surface area (Å²) in [6.07, 6.45) is 0. The van der Waals surface area contributed by atoms with Gasteiger partial charge >= 0.3 is 0 Å². The third kappa shape index (κ3) is 2.18. The smallest absolute Gasteiger partial charge is 0.0992 e. The summed E-state index contributed by atoms with van der Waals surface area (Å²) in [6.45, 7) is 0.737. The molecule has 2 aromatic rings. The molecule has 19 heavy (non-hydrogen) atoms. The van der Waals surface area contributed by atoms with Crippen molar-refractivity contribution in [2.45, 2.75) is 9.79 Å². The molecule has 94 valence electrons. The number of fused-ring (bicyclic) bond motifs is 2. The SMILES string of the molecule is N#Cc1ccc2c(c1)N(CCCl)c1ccccc1S2. The van der Waals surface area contributed by atoms with Crippen molar-refractivity contribution in [2.24, 2.45) is 0 Å². The predicted octanol–water partition coefficient (Wildman–Crippen LogP) is 4.40. The number of anilines is 2. The van der Waals surface area contributed by atoms with Crippen molar-refractivity contribution in [2.75, 3.05) is 17.3 Å². The molecular weight excluding hydrogens is 276 g/mol. The summed E-state index contributed by atoms with van der Waals surface area (Å²) in [5.41, 5.74) is 2.91. The Labute approximate surface area is 121 Å². The molecule has 0 unspecified atom stereocenters. The van der Waals surface area contributed by atoms with Crippen LogP contribution in [0.3, 0.4) is 0 Å². The highest BCUT2D eigenvalue weighted by atomic mass is 35.5. The molecule has 1 aliphatic heterocycles. The van der Waals surface area contributed by atoms with E-state index in [1.165, 1.54) is 9.79 Å². The Balaban J connectivity index is 2.15. The summed E-state index contributed by atoms with van der Waals surface area (Å²) in [5.74, 6) is 0.551. The quantitative estimate of drug-likeness (QED) is 0.766. The average Bonchev–Trinajstić information content (AvgIpc) is 2.47. The Hall–Kier alpha value is -1.63. The minimum atomic E-state index is 0.551. The van der Waals surface area contributed by atoms with Gasteiger partial charge in [-0.05, 0) is 30.3 Å². The van der Waals surface area contributed by atoms with Crippen LogP contribution in [0.1, 0.15) is 5.56 Å². The fourth-order valence-corrected chi connectivity index (χ4v) is 3.47. The van der Waals surface area contributed by atoms with Crippen LogP contribution in [0.2, 0.25) is 0 Å². The third-order valence-electron chi connectivity index (χ3n) is 3.06. The maximum atomic E-state index is 9.05. The molecule has 2 aromatic carbocycles. The van der Waals surface area contributed by atoms with Gasteiger partial charge < -0.3 is 4.90 Å². The van der Waals surface area contributed by atoms with Gasteiger partial charge in [0.25, 0.3) is 0 Å². The maximum Gasteiger partial charge on any atom is 0.0992 e. The third-order valence-corrected chi connectivity index (χ3v) is 4.36. The van der Waals surface area contributed by atoms with E-state index in [0.717, 1.165) is 17.9 Å². The molecule has 0 atom stereocenters. The van der Waals surface area contributed by atoms with Crippen LogP contribution >= 0.6 is 23.4 Å². The number of hydrogen-bond acceptors (Lipinski definition) is 3. The van der Waals surface area contributed by atoms with Crippen molar-refractivity contribution >= 4 is 34.7 Å². The zero-order chi connectivity index (χ0) is 13.2. The van der Waals surface area contributed by atoms with Gasteiger partial charge in [-0.1, -0.05) is 23.9 Å². The number of para-hydroxylation sites is 1. The van der Waals surface area contributed by atoms with E-state index < -0.39 is 0 Å². The van der Waals surface area contributed by atoms with E-state index in [0.29, 0.717) is 11.4 Å². The van der Waals surface area contributed by atoms with Crippen LogP contribution in [0, 0.1) is 11.3 Å². The zero-order valence-electron chi connectivity index (χ0n) is 10.1. The van der Waals surface area contributed by atoms with Crippen LogP contribution in [0.4, 0.5) is 11.4 Å². The van der Waals surface area contributed by atoms with Crippen molar-refractivity contribution in [3.05, 3.63) is 48.0 Å². The molecule has 4 heteroatoms. The number of hydrogen-bond donors (Lipinski definition) is 0. The Morgan fingerprint density at radius 3 is 2.68 bits per heavy atom. The fraction of sp³-hybridized carbons (Fsp3) is 0.133. The molecule has 0 aliphatic carbocycles. The lowest BCUT2D eigenvalue weighted by Crippen LogP contribution is -2.22. The summed E-state index contributed by atoms with van der Waals surface area (Å²) < 4.78 is 0. The highest BCUT2D eigenvalue weighted by Crippen LogP contribution is 2.48. The number of halogens is 1. The van der Waals surface area contributed by atoms with E-state index in [1.807, 2.05) is 30.3 Å². The molecule has 0 aromatic heterocycles. The molecule has 0 saturated carbocycles. The second kappa shape index (κ2) is 5.16. The van der Waals surface area contributed by atoms with E-state index in [9.17, 15) is 0 Å². The van der Waals surface area contributed by atoms with Crippen LogP contribution in [0.5, 0.6) is 0 Å². The lowest BCUT2D eigenvalue weighted by atomic mass is 10.1. The topological polar surface area (TPSA) is 27.0 Å². The fourth-order valence-electron chi connectivity index (χ4n) is 2.22. The van der Waals surface area contributed by atoms with Gasteiger partial charge in [-0.25, -0.2) is 0 Å². The number of alkyl halides is 1. The number of rotatable bonds is 2. The summed E-state index contributed by atoms with van der Waals surface area (Å²) in [6, 6.07) is 16.3. The van der Waals surface area contributed by atoms with Crippen molar-refractivity contribution in [1.29, 1.82) is 5.26 Å².